The standard InChI is InChI=1S/C18H16F3N3O2/c1-2-14(25)10-3-5-11(6-4-10)24-16(26)9-13(22)12-7-8-15(18(19,20)21)23-17(12)24/h3-9,14,25H,2,22H2,1H3. The van der Waals surface area contributed by atoms with Crippen molar-refractivity contribution in [3.63, 3.8) is 0 Å². The third-order valence-electron chi connectivity index (χ3n) is 4.11. The van der Waals surface area contributed by atoms with Gasteiger partial charge in [-0.15, -0.1) is 0 Å². The number of nitrogens with two attached hydrogens (primary N) is 1. The lowest BCUT2D eigenvalue weighted by Gasteiger charge is -2.14. The molecule has 0 saturated carbocycles. The van der Waals surface area contributed by atoms with E-state index in [0.29, 0.717) is 17.7 Å². The lowest BCUT2D eigenvalue weighted by Crippen LogP contribution is -2.21. The number of anilines is 1. The average Bonchev–Trinajstić information content (AvgIpc) is 2.60. The lowest BCUT2D eigenvalue weighted by atomic mass is 10.1. The number of alkyl halides is 3. The van der Waals surface area contributed by atoms with E-state index in [1.54, 1.807) is 24.3 Å². The van der Waals surface area contributed by atoms with Crippen molar-refractivity contribution in [1.82, 2.24) is 9.55 Å². The number of halogens is 3. The van der Waals surface area contributed by atoms with E-state index >= 15 is 0 Å². The van der Waals surface area contributed by atoms with Gasteiger partial charge in [0.1, 0.15) is 11.3 Å². The quantitative estimate of drug-likeness (QED) is 0.747. The zero-order chi connectivity index (χ0) is 19.1. The second-order valence-electron chi connectivity index (χ2n) is 5.85. The molecule has 0 spiro atoms. The van der Waals surface area contributed by atoms with E-state index in [4.69, 9.17) is 5.73 Å². The van der Waals surface area contributed by atoms with Gasteiger partial charge in [-0.25, -0.2) is 4.98 Å². The fourth-order valence-corrected chi connectivity index (χ4v) is 2.71. The van der Waals surface area contributed by atoms with Gasteiger partial charge in [0.05, 0.1) is 11.8 Å². The van der Waals surface area contributed by atoms with Crippen LogP contribution in [-0.2, 0) is 6.18 Å². The van der Waals surface area contributed by atoms with Crippen molar-refractivity contribution in [2.75, 3.05) is 5.73 Å². The molecule has 136 valence electrons. The molecule has 26 heavy (non-hydrogen) atoms. The Morgan fingerprint density at radius 1 is 1.19 bits per heavy atom. The molecule has 0 fully saturated rings. The van der Waals surface area contributed by atoms with E-state index in [-0.39, 0.29) is 16.7 Å². The zero-order valence-corrected chi connectivity index (χ0v) is 13.8. The monoisotopic (exact) mass is 363 g/mol. The Bertz CT molecular complexity index is 1010. The van der Waals surface area contributed by atoms with E-state index in [0.717, 1.165) is 16.7 Å². The van der Waals surface area contributed by atoms with Crippen LogP contribution >= 0.6 is 0 Å². The Balaban J connectivity index is 2.26. The number of rotatable bonds is 3. The molecule has 0 aliphatic rings. The second kappa shape index (κ2) is 6.45. The molecule has 8 heteroatoms. The highest BCUT2D eigenvalue weighted by atomic mass is 19.4. The van der Waals surface area contributed by atoms with Crippen molar-refractivity contribution < 1.29 is 18.3 Å². The van der Waals surface area contributed by atoms with Crippen LogP contribution < -0.4 is 11.3 Å². The first-order chi connectivity index (χ1) is 12.2. The van der Waals surface area contributed by atoms with Gasteiger partial charge >= 0.3 is 6.18 Å². The summed E-state index contributed by atoms with van der Waals surface area (Å²) in [6, 6.07) is 9.50. The van der Waals surface area contributed by atoms with Crippen molar-refractivity contribution in [3.05, 3.63) is 64.1 Å². The largest absolute Gasteiger partial charge is 0.433 e. The molecule has 3 N–H and O–H groups in total. The average molecular weight is 363 g/mol. The molecular formula is C18H16F3N3O2. The summed E-state index contributed by atoms with van der Waals surface area (Å²) in [5.74, 6) is 0. The summed E-state index contributed by atoms with van der Waals surface area (Å²) in [6.45, 7) is 1.82. The van der Waals surface area contributed by atoms with Crippen molar-refractivity contribution in [3.8, 4) is 5.69 Å². The molecule has 0 aliphatic carbocycles. The minimum absolute atomic E-state index is 0.0560. The topological polar surface area (TPSA) is 81.1 Å². The van der Waals surface area contributed by atoms with Crippen LogP contribution in [0, 0.1) is 0 Å². The molecule has 0 radical (unpaired) electrons. The van der Waals surface area contributed by atoms with E-state index in [1.165, 1.54) is 6.07 Å². The first-order valence-electron chi connectivity index (χ1n) is 7.90. The summed E-state index contributed by atoms with van der Waals surface area (Å²) in [4.78, 5) is 16.0. The van der Waals surface area contributed by atoms with E-state index in [1.807, 2.05) is 6.92 Å². The van der Waals surface area contributed by atoms with Gasteiger partial charge in [-0.2, -0.15) is 13.2 Å². The fourth-order valence-electron chi connectivity index (χ4n) is 2.71. The molecule has 2 heterocycles. The van der Waals surface area contributed by atoms with E-state index < -0.39 is 23.5 Å². The highest BCUT2D eigenvalue weighted by Gasteiger charge is 2.33. The van der Waals surface area contributed by atoms with Gasteiger partial charge in [0, 0.05) is 17.1 Å². The zero-order valence-electron chi connectivity index (χ0n) is 13.8. The Morgan fingerprint density at radius 2 is 1.85 bits per heavy atom. The third-order valence-corrected chi connectivity index (χ3v) is 4.11. The Kier molecular flexibility index (Phi) is 4.45. The number of pyridine rings is 2. The molecule has 1 unspecified atom stereocenters. The van der Waals surface area contributed by atoms with Crippen molar-refractivity contribution >= 4 is 16.7 Å². The van der Waals surface area contributed by atoms with Gasteiger partial charge in [-0.1, -0.05) is 19.1 Å². The van der Waals surface area contributed by atoms with Crippen LogP contribution in [0.3, 0.4) is 0 Å². The van der Waals surface area contributed by atoms with Crippen LogP contribution in [0.5, 0.6) is 0 Å². The SMILES string of the molecule is CCC(O)c1ccc(-n2c(=O)cc(N)c3ccc(C(F)(F)F)nc32)cc1. The van der Waals surface area contributed by atoms with Crippen LogP contribution in [0.1, 0.15) is 30.7 Å². The van der Waals surface area contributed by atoms with Crippen LogP contribution in [0.4, 0.5) is 18.9 Å². The van der Waals surface area contributed by atoms with Crippen LogP contribution in [0.2, 0.25) is 0 Å². The maximum atomic E-state index is 13.0. The molecule has 2 aromatic heterocycles. The second-order valence-corrected chi connectivity index (χ2v) is 5.85. The molecule has 0 bridgehead atoms. The van der Waals surface area contributed by atoms with Gasteiger partial charge in [0.25, 0.3) is 5.56 Å². The third kappa shape index (κ3) is 3.15. The van der Waals surface area contributed by atoms with Gasteiger partial charge in [0.2, 0.25) is 0 Å². The Labute approximate surface area is 146 Å². The predicted octanol–water partition coefficient (Wildman–Crippen LogP) is 3.43. The maximum absolute atomic E-state index is 13.0. The minimum atomic E-state index is -4.64. The number of hydrogen-bond acceptors (Lipinski definition) is 4. The Morgan fingerprint density at radius 3 is 2.42 bits per heavy atom. The first kappa shape index (κ1) is 17.9. The fraction of sp³-hybridized carbons (Fsp3) is 0.222. The smallest absolute Gasteiger partial charge is 0.398 e. The van der Waals surface area contributed by atoms with Crippen molar-refractivity contribution in [1.29, 1.82) is 0 Å². The summed E-state index contributed by atoms with van der Waals surface area (Å²) < 4.78 is 40.1. The van der Waals surface area contributed by atoms with Gasteiger partial charge in [-0.05, 0) is 36.2 Å². The molecule has 1 aromatic carbocycles. The normalized spacial score (nSPS) is 13.1. The number of nitrogens with zero attached hydrogens (tertiary/aromatic N) is 2. The molecule has 3 rings (SSSR count). The highest BCUT2D eigenvalue weighted by molar-refractivity contribution is 5.88. The first-order valence-corrected chi connectivity index (χ1v) is 7.90. The van der Waals surface area contributed by atoms with Gasteiger partial charge in [0.15, 0.2) is 0 Å². The maximum Gasteiger partial charge on any atom is 0.433 e. The van der Waals surface area contributed by atoms with Crippen LogP contribution in [0.25, 0.3) is 16.7 Å². The van der Waals surface area contributed by atoms with Crippen molar-refractivity contribution in [2.24, 2.45) is 0 Å². The van der Waals surface area contributed by atoms with Crippen LogP contribution in [-0.4, -0.2) is 14.7 Å². The molecule has 0 saturated heterocycles. The number of hydrogen-bond donors (Lipinski definition) is 2. The van der Waals surface area contributed by atoms with E-state index in [2.05, 4.69) is 4.98 Å². The highest BCUT2D eigenvalue weighted by Crippen LogP contribution is 2.30. The Hall–Kier alpha value is -2.87. The number of aliphatic hydroxyl groups excluding tert-OH is 1. The minimum Gasteiger partial charge on any atom is -0.398 e. The lowest BCUT2D eigenvalue weighted by molar-refractivity contribution is -0.141. The molecular weight excluding hydrogens is 347 g/mol. The predicted molar refractivity (Wildman–Crippen MR) is 92.0 cm³/mol. The number of aliphatic hydroxyl groups is 1. The van der Waals surface area contributed by atoms with Crippen molar-refractivity contribution in [2.45, 2.75) is 25.6 Å². The number of fused-ring (bicyclic) bond motifs is 1. The van der Waals surface area contributed by atoms with E-state index in [9.17, 15) is 23.1 Å². The number of benzene rings is 1. The summed E-state index contributed by atoms with van der Waals surface area (Å²) in [5, 5.41) is 10.1. The molecule has 3 aromatic rings. The summed E-state index contributed by atoms with van der Waals surface area (Å²) >= 11 is 0. The van der Waals surface area contributed by atoms with Gasteiger partial charge in [-0.3, -0.25) is 9.36 Å². The summed E-state index contributed by atoms with van der Waals surface area (Å²) in [6.07, 6.45) is -4.78. The number of nitrogen functional groups attached to an aromatic ring is 1. The summed E-state index contributed by atoms with van der Waals surface area (Å²) in [5.41, 5.74) is 4.94. The molecule has 1 atom stereocenters. The molecule has 0 aliphatic heterocycles. The summed E-state index contributed by atoms with van der Waals surface area (Å²) in [7, 11) is 0. The molecule has 0 amide bonds. The molecule has 5 nitrogen and oxygen atoms in total. The van der Waals surface area contributed by atoms with Crippen LogP contribution in [0.15, 0.2) is 47.3 Å². The van der Waals surface area contributed by atoms with Gasteiger partial charge < -0.3 is 10.8 Å². The number of aromatic nitrogens is 2.